The molecule has 0 unspecified atom stereocenters. The van der Waals surface area contributed by atoms with E-state index >= 15 is 0 Å². The van der Waals surface area contributed by atoms with E-state index in [1.165, 1.54) is 32.3 Å². The van der Waals surface area contributed by atoms with Gasteiger partial charge < -0.3 is 14.9 Å². The zero-order valence-electron chi connectivity index (χ0n) is 10.6. The molecule has 18 heavy (non-hydrogen) atoms. The Bertz CT molecular complexity index is 396. The fraction of sp³-hybridized carbons (Fsp3) is 0.667. The molecule has 0 aliphatic carbocycles. The summed E-state index contributed by atoms with van der Waals surface area (Å²) in [6.45, 7) is 4.13. The van der Waals surface area contributed by atoms with Crippen molar-refractivity contribution in [3.8, 4) is 0 Å². The van der Waals surface area contributed by atoms with Gasteiger partial charge >= 0.3 is 0 Å². The Labute approximate surface area is 112 Å². The predicted octanol–water partition coefficient (Wildman–Crippen LogP) is 1.15. The summed E-state index contributed by atoms with van der Waals surface area (Å²) in [5.74, 6) is 0.719. The van der Waals surface area contributed by atoms with Gasteiger partial charge in [0.25, 0.3) is 0 Å². The van der Waals surface area contributed by atoms with Crippen LogP contribution in [0.25, 0.3) is 0 Å². The molecule has 0 spiro atoms. The Balaban J connectivity index is 1.99. The molecule has 1 fully saturated rings. The van der Waals surface area contributed by atoms with Gasteiger partial charge in [0.05, 0.1) is 12.2 Å². The zero-order valence-corrected chi connectivity index (χ0v) is 11.4. The molecule has 1 N–H and O–H groups in total. The first-order chi connectivity index (χ1) is 8.72. The average molecular weight is 271 g/mol. The van der Waals surface area contributed by atoms with E-state index in [0.717, 1.165) is 18.9 Å². The first-order valence-electron chi connectivity index (χ1n) is 6.26. The summed E-state index contributed by atoms with van der Waals surface area (Å²) in [5.41, 5.74) is 0.600. The van der Waals surface area contributed by atoms with Crippen LogP contribution in [-0.2, 0) is 6.61 Å². The predicted molar refractivity (Wildman–Crippen MR) is 71.9 cm³/mol. The number of rotatable bonds is 5. The molecule has 100 valence electrons. The number of aliphatic hydroxyl groups is 1. The number of likely N-dealkylation sites (N-methyl/N-ethyl adjacent to an activating group) is 1. The molecule has 5 nitrogen and oxygen atoms in total. The van der Waals surface area contributed by atoms with Crippen LogP contribution < -0.4 is 4.90 Å². The Kier molecular flexibility index (Phi) is 4.74. The van der Waals surface area contributed by atoms with E-state index in [1.807, 2.05) is 11.9 Å². The number of likely N-dealkylation sites (tertiary alicyclic amines) is 1. The van der Waals surface area contributed by atoms with Gasteiger partial charge in [-0.2, -0.15) is 0 Å². The number of hydrogen-bond acceptors (Lipinski definition) is 5. The molecule has 0 amide bonds. The number of nitrogens with zero attached hydrogens (tertiary/aromatic N) is 4. The third-order valence-electron chi connectivity index (χ3n) is 3.34. The highest BCUT2D eigenvalue weighted by atomic mass is 35.5. The molecular formula is C12H19ClN4O. The van der Waals surface area contributed by atoms with Gasteiger partial charge in [0.1, 0.15) is 17.3 Å². The second-order valence-corrected chi connectivity index (χ2v) is 4.95. The Morgan fingerprint density at radius 2 is 2.11 bits per heavy atom. The largest absolute Gasteiger partial charge is 0.391 e. The molecule has 6 heteroatoms. The quantitative estimate of drug-likeness (QED) is 0.814. The standard InChI is InChI=1S/C12H19ClN4O/c1-16(6-7-17-4-2-3-5-17)12-10(8-18)11(13)14-9-15-12/h9,18H,2-8H2,1H3. The topological polar surface area (TPSA) is 52.5 Å². The molecule has 0 atom stereocenters. The van der Waals surface area contributed by atoms with Gasteiger partial charge in [-0.05, 0) is 25.9 Å². The van der Waals surface area contributed by atoms with Crippen molar-refractivity contribution in [1.29, 1.82) is 0 Å². The van der Waals surface area contributed by atoms with Gasteiger partial charge in [-0.15, -0.1) is 0 Å². The lowest BCUT2D eigenvalue weighted by Crippen LogP contribution is -2.32. The normalized spacial score (nSPS) is 16.2. The van der Waals surface area contributed by atoms with Crippen LogP contribution in [0.3, 0.4) is 0 Å². The van der Waals surface area contributed by atoms with E-state index in [1.54, 1.807) is 0 Å². The number of anilines is 1. The van der Waals surface area contributed by atoms with Crippen molar-refractivity contribution in [1.82, 2.24) is 14.9 Å². The maximum absolute atomic E-state index is 9.33. The zero-order chi connectivity index (χ0) is 13.0. The Hall–Kier alpha value is -0.910. The molecule has 1 aliphatic heterocycles. The third-order valence-corrected chi connectivity index (χ3v) is 3.67. The van der Waals surface area contributed by atoms with E-state index in [0.29, 0.717) is 10.7 Å². The lowest BCUT2D eigenvalue weighted by atomic mass is 10.3. The first-order valence-corrected chi connectivity index (χ1v) is 6.64. The maximum Gasteiger partial charge on any atom is 0.140 e. The van der Waals surface area contributed by atoms with Crippen molar-refractivity contribution in [2.45, 2.75) is 19.4 Å². The number of halogens is 1. The SMILES string of the molecule is CN(CCN1CCCC1)c1ncnc(Cl)c1CO. The maximum atomic E-state index is 9.33. The van der Waals surface area contributed by atoms with Crippen LogP contribution in [0.4, 0.5) is 5.82 Å². The van der Waals surface area contributed by atoms with E-state index in [2.05, 4.69) is 14.9 Å². The van der Waals surface area contributed by atoms with Crippen LogP contribution in [-0.4, -0.2) is 53.2 Å². The van der Waals surface area contributed by atoms with Crippen molar-refractivity contribution in [3.05, 3.63) is 17.0 Å². The summed E-state index contributed by atoms with van der Waals surface area (Å²) in [6.07, 6.45) is 4.03. The molecule has 0 bridgehead atoms. The van der Waals surface area contributed by atoms with Gasteiger partial charge in [-0.3, -0.25) is 0 Å². The molecule has 1 aliphatic rings. The van der Waals surface area contributed by atoms with Crippen LogP contribution in [0.2, 0.25) is 5.15 Å². The van der Waals surface area contributed by atoms with Crippen molar-refractivity contribution in [3.63, 3.8) is 0 Å². The number of aliphatic hydroxyl groups excluding tert-OH is 1. The van der Waals surface area contributed by atoms with Crippen LogP contribution in [0.5, 0.6) is 0 Å². The fourth-order valence-electron chi connectivity index (χ4n) is 2.25. The van der Waals surface area contributed by atoms with Crippen molar-refractivity contribution >= 4 is 17.4 Å². The Morgan fingerprint density at radius 1 is 1.39 bits per heavy atom. The van der Waals surface area contributed by atoms with Crippen molar-refractivity contribution in [2.24, 2.45) is 0 Å². The van der Waals surface area contributed by atoms with Crippen LogP contribution in [0.1, 0.15) is 18.4 Å². The smallest absolute Gasteiger partial charge is 0.140 e. The lowest BCUT2D eigenvalue weighted by molar-refractivity contribution is 0.281. The average Bonchev–Trinajstić information content (AvgIpc) is 2.88. The molecule has 2 rings (SSSR count). The first kappa shape index (κ1) is 13.5. The highest BCUT2D eigenvalue weighted by Gasteiger charge is 2.15. The van der Waals surface area contributed by atoms with Gasteiger partial charge in [-0.25, -0.2) is 9.97 Å². The molecule has 0 saturated carbocycles. The summed E-state index contributed by atoms with van der Waals surface area (Å²) in [4.78, 5) is 12.6. The summed E-state index contributed by atoms with van der Waals surface area (Å²) in [6, 6.07) is 0. The summed E-state index contributed by atoms with van der Waals surface area (Å²) in [5, 5.41) is 9.66. The third kappa shape index (κ3) is 3.10. The molecule has 1 saturated heterocycles. The lowest BCUT2D eigenvalue weighted by Gasteiger charge is -2.23. The summed E-state index contributed by atoms with van der Waals surface area (Å²) >= 11 is 5.95. The molecule has 1 aromatic rings. The monoisotopic (exact) mass is 270 g/mol. The fourth-order valence-corrected chi connectivity index (χ4v) is 2.44. The molecule has 1 aromatic heterocycles. The van der Waals surface area contributed by atoms with E-state index in [4.69, 9.17) is 11.6 Å². The van der Waals surface area contributed by atoms with Crippen molar-refractivity contribution < 1.29 is 5.11 Å². The summed E-state index contributed by atoms with van der Waals surface area (Å²) in [7, 11) is 1.97. The van der Waals surface area contributed by atoms with E-state index in [9.17, 15) is 5.11 Å². The van der Waals surface area contributed by atoms with Gasteiger partial charge in [0, 0.05) is 20.1 Å². The molecular weight excluding hydrogens is 252 g/mol. The Morgan fingerprint density at radius 3 is 2.78 bits per heavy atom. The minimum Gasteiger partial charge on any atom is -0.391 e. The van der Waals surface area contributed by atoms with Gasteiger partial charge in [0.15, 0.2) is 0 Å². The second kappa shape index (κ2) is 6.31. The van der Waals surface area contributed by atoms with E-state index < -0.39 is 0 Å². The highest BCUT2D eigenvalue weighted by Crippen LogP contribution is 2.22. The van der Waals surface area contributed by atoms with Crippen molar-refractivity contribution in [2.75, 3.05) is 38.1 Å². The minimum atomic E-state index is -0.136. The van der Waals surface area contributed by atoms with Gasteiger partial charge in [-0.1, -0.05) is 11.6 Å². The minimum absolute atomic E-state index is 0.136. The molecule has 2 heterocycles. The highest BCUT2D eigenvalue weighted by molar-refractivity contribution is 6.30. The molecule has 0 aromatic carbocycles. The van der Waals surface area contributed by atoms with Crippen LogP contribution in [0, 0.1) is 0 Å². The molecule has 0 radical (unpaired) electrons. The van der Waals surface area contributed by atoms with Crippen LogP contribution >= 0.6 is 11.6 Å². The number of aromatic nitrogens is 2. The van der Waals surface area contributed by atoms with Gasteiger partial charge in [0.2, 0.25) is 0 Å². The second-order valence-electron chi connectivity index (χ2n) is 4.60. The van der Waals surface area contributed by atoms with E-state index in [-0.39, 0.29) is 6.61 Å². The summed E-state index contributed by atoms with van der Waals surface area (Å²) < 4.78 is 0. The van der Waals surface area contributed by atoms with Crippen LogP contribution in [0.15, 0.2) is 6.33 Å². The number of hydrogen-bond donors (Lipinski definition) is 1.